The number of aromatic nitrogens is 2. The van der Waals surface area contributed by atoms with Gasteiger partial charge in [-0.05, 0) is 19.1 Å². The second-order valence-electron chi connectivity index (χ2n) is 5.22. The van der Waals surface area contributed by atoms with E-state index in [4.69, 9.17) is 0 Å². The molecule has 3 N–H and O–H groups in total. The standard InChI is InChI=1S/C15H19N5O/c1-11(9-20-8-7-16-10-20)19-15(21)12-3-2-4-13-14(12)18-6-5-17-13/h2-4,7-8,10-11,17-18H,5-6,9H2,1H3,(H,19,21). The maximum Gasteiger partial charge on any atom is 0.253 e. The van der Waals surface area contributed by atoms with E-state index in [2.05, 4.69) is 20.9 Å². The van der Waals surface area contributed by atoms with Crippen LogP contribution in [-0.4, -0.2) is 34.6 Å². The largest absolute Gasteiger partial charge is 0.382 e. The van der Waals surface area contributed by atoms with Gasteiger partial charge in [0, 0.05) is 38.1 Å². The van der Waals surface area contributed by atoms with E-state index in [0.29, 0.717) is 12.1 Å². The van der Waals surface area contributed by atoms with E-state index in [1.165, 1.54) is 0 Å². The number of carbonyl (C=O) groups is 1. The minimum absolute atomic E-state index is 0.0269. The molecule has 2 aromatic rings. The SMILES string of the molecule is CC(Cn1ccnc1)NC(=O)c1cccc2c1NCCN2. The van der Waals surface area contributed by atoms with Crippen LogP contribution >= 0.6 is 0 Å². The summed E-state index contributed by atoms with van der Waals surface area (Å²) in [6, 6.07) is 5.75. The van der Waals surface area contributed by atoms with Crippen LogP contribution in [0.2, 0.25) is 0 Å². The average Bonchev–Trinajstić information content (AvgIpc) is 2.99. The van der Waals surface area contributed by atoms with Crippen LogP contribution in [0.25, 0.3) is 0 Å². The predicted octanol–water partition coefficient (Wildman–Crippen LogP) is 1.54. The summed E-state index contributed by atoms with van der Waals surface area (Å²) >= 11 is 0. The van der Waals surface area contributed by atoms with Crippen LogP contribution in [0.4, 0.5) is 11.4 Å². The lowest BCUT2D eigenvalue weighted by Crippen LogP contribution is -2.36. The van der Waals surface area contributed by atoms with Crippen LogP contribution in [-0.2, 0) is 6.54 Å². The molecule has 0 fully saturated rings. The number of imidazole rings is 1. The van der Waals surface area contributed by atoms with E-state index in [0.717, 1.165) is 24.5 Å². The lowest BCUT2D eigenvalue weighted by Gasteiger charge is -2.23. The Morgan fingerprint density at radius 3 is 3.10 bits per heavy atom. The summed E-state index contributed by atoms with van der Waals surface area (Å²) in [5.74, 6) is -0.0596. The molecular formula is C15H19N5O. The number of hydrogen-bond donors (Lipinski definition) is 3. The molecule has 1 atom stereocenters. The number of carbonyl (C=O) groups excluding carboxylic acids is 1. The van der Waals surface area contributed by atoms with E-state index >= 15 is 0 Å². The van der Waals surface area contributed by atoms with Gasteiger partial charge in [0.05, 0.1) is 23.3 Å². The topological polar surface area (TPSA) is 71.0 Å². The van der Waals surface area contributed by atoms with Crippen molar-refractivity contribution in [3.63, 3.8) is 0 Å². The predicted molar refractivity (Wildman–Crippen MR) is 82.6 cm³/mol. The second-order valence-corrected chi connectivity index (χ2v) is 5.22. The maximum absolute atomic E-state index is 12.5. The zero-order chi connectivity index (χ0) is 14.7. The van der Waals surface area contributed by atoms with Crippen LogP contribution in [0, 0.1) is 0 Å². The fraction of sp³-hybridized carbons (Fsp3) is 0.333. The van der Waals surface area contributed by atoms with Gasteiger partial charge in [0.2, 0.25) is 0 Å². The number of nitrogens with zero attached hydrogens (tertiary/aromatic N) is 2. The van der Waals surface area contributed by atoms with Crippen LogP contribution in [0.1, 0.15) is 17.3 Å². The summed E-state index contributed by atoms with van der Waals surface area (Å²) < 4.78 is 1.95. The van der Waals surface area contributed by atoms with Crippen molar-refractivity contribution < 1.29 is 4.79 Å². The molecule has 6 heteroatoms. The lowest BCUT2D eigenvalue weighted by molar-refractivity contribution is 0.0937. The first-order valence-electron chi connectivity index (χ1n) is 7.11. The van der Waals surface area contributed by atoms with Crippen molar-refractivity contribution in [2.45, 2.75) is 19.5 Å². The van der Waals surface area contributed by atoms with Crippen molar-refractivity contribution in [3.8, 4) is 0 Å². The van der Waals surface area contributed by atoms with E-state index < -0.39 is 0 Å². The smallest absolute Gasteiger partial charge is 0.253 e. The van der Waals surface area contributed by atoms with Gasteiger partial charge in [0.15, 0.2) is 0 Å². The number of fused-ring (bicyclic) bond motifs is 1. The number of benzene rings is 1. The van der Waals surface area contributed by atoms with Crippen molar-refractivity contribution in [2.75, 3.05) is 23.7 Å². The summed E-state index contributed by atoms with van der Waals surface area (Å²) in [7, 11) is 0. The third kappa shape index (κ3) is 2.99. The number of amides is 1. The molecule has 110 valence electrons. The van der Waals surface area contributed by atoms with Gasteiger partial charge < -0.3 is 20.5 Å². The Hall–Kier alpha value is -2.50. The third-order valence-electron chi connectivity index (χ3n) is 3.47. The lowest BCUT2D eigenvalue weighted by atomic mass is 10.1. The summed E-state index contributed by atoms with van der Waals surface area (Å²) in [4.78, 5) is 16.5. The summed E-state index contributed by atoms with van der Waals surface area (Å²) in [6.07, 6.45) is 5.37. The highest BCUT2D eigenvalue weighted by Gasteiger charge is 2.18. The van der Waals surface area contributed by atoms with Gasteiger partial charge in [-0.2, -0.15) is 0 Å². The highest BCUT2D eigenvalue weighted by atomic mass is 16.1. The van der Waals surface area contributed by atoms with E-state index in [-0.39, 0.29) is 11.9 Å². The first-order chi connectivity index (χ1) is 10.2. The van der Waals surface area contributed by atoms with Crippen LogP contribution in [0.3, 0.4) is 0 Å². The van der Waals surface area contributed by atoms with E-state index in [9.17, 15) is 4.79 Å². The molecule has 6 nitrogen and oxygen atoms in total. The fourth-order valence-electron chi connectivity index (χ4n) is 2.52. The molecule has 1 aromatic carbocycles. The molecule has 1 aromatic heterocycles. The molecule has 1 aliphatic rings. The molecule has 21 heavy (non-hydrogen) atoms. The van der Waals surface area contributed by atoms with Crippen molar-refractivity contribution in [2.24, 2.45) is 0 Å². The Balaban J connectivity index is 1.70. The molecule has 1 amide bonds. The molecule has 0 saturated carbocycles. The molecule has 0 spiro atoms. The van der Waals surface area contributed by atoms with Gasteiger partial charge in [-0.15, -0.1) is 0 Å². The molecule has 2 heterocycles. The highest BCUT2D eigenvalue weighted by molar-refractivity contribution is 6.02. The zero-order valence-corrected chi connectivity index (χ0v) is 12.0. The number of hydrogen-bond acceptors (Lipinski definition) is 4. The Kier molecular flexibility index (Phi) is 3.77. The third-order valence-corrected chi connectivity index (χ3v) is 3.47. The summed E-state index contributed by atoms with van der Waals surface area (Å²) in [6.45, 7) is 4.38. The number of anilines is 2. The van der Waals surface area contributed by atoms with Crippen LogP contribution < -0.4 is 16.0 Å². The minimum Gasteiger partial charge on any atom is -0.382 e. The zero-order valence-electron chi connectivity index (χ0n) is 12.0. The van der Waals surface area contributed by atoms with Gasteiger partial charge in [-0.25, -0.2) is 4.98 Å². The average molecular weight is 285 g/mol. The normalized spacial score (nSPS) is 14.5. The fourth-order valence-corrected chi connectivity index (χ4v) is 2.52. The molecule has 0 aliphatic carbocycles. The molecule has 0 radical (unpaired) electrons. The van der Waals surface area contributed by atoms with Crippen molar-refractivity contribution in [1.29, 1.82) is 0 Å². The highest BCUT2D eigenvalue weighted by Crippen LogP contribution is 2.28. The number of rotatable bonds is 4. The summed E-state index contributed by atoms with van der Waals surface area (Å²) in [5.41, 5.74) is 2.55. The summed E-state index contributed by atoms with van der Waals surface area (Å²) in [5, 5.41) is 9.61. The Labute approximate surface area is 123 Å². The van der Waals surface area contributed by atoms with Gasteiger partial charge in [0.1, 0.15) is 0 Å². The van der Waals surface area contributed by atoms with Gasteiger partial charge >= 0.3 is 0 Å². The van der Waals surface area contributed by atoms with Crippen LogP contribution in [0.15, 0.2) is 36.9 Å². The molecule has 1 unspecified atom stereocenters. The van der Waals surface area contributed by atoms with Crippen molar-refractivity contribution >= 4 is 17.3 Å². The first kappa shape index (κ1) is 13.5. The monoisotopic (exact) mass is 285 g/mol. The maximum atomic E-state index is 12.5. The molecule has 3 rings (SSSR count). The molecular weight excluding hydrogens is 266 g/mol. The van der Waals surface area contributed by atoms with Crippen molar-refractivity contribution in [1.82, 2.24) is 14.9 Å². The van der Waals surface area contributed by atoms with Gasteiger partial charge in [-0.3, -0.25) is 4.79 Å². The quantitative estimate of drug-likeness (QED) is 0.797. The molecule has 0 saturated heterocycles. The van der Waals surface area contributed by atoms with E-state index in [1.807, 2.05) is 35.9 Å². The Bertz CT molecular complexity index is 623. The number of para-hydroxylation sites is 1. The van der Waals surface area contributed by atoms with Crippen molar-refractivity contribution in [3.05, 3.63) is 42.5 Å². The van der Waals surface area contributed by atoms with Crippen LogP contribution in [0.5, 0.6) is 0 Å². The van der Waals surface area contributed by atoms with Gasteiger partial charge in [-0.1, -0.05) is 6.07 Å². The Morgan fingerprint density at radius 1 is 1.43 bits per heavy atom. The minimum atomic E-state index is -0.0596. The Morgan fingerprint density at radius 2 is 2.29 bits per heavy atom. The number of nitrogens with one attached hydrogen (secondary N) is 3. The molecule has 0 bridgehead atoms. The first-order valence-corrected chi connectivity index (χ1v) is 7.11. The molecule has 1 aliphatic heterocycles. The van der Waals surface area contributed by atoms with E-state index in [1.54, 1.807) is 12.5 Å². The van der Waals surface area contributed by atoms with Gasteiger partial charge in [0.25, 0.3) is 5.91 Å². The second kappa shape index (κ2) is 5.87.